The second-order valence-electron chi connectivity index (χ2n) is 5.73. The second kappa shape index (κ2) is 7.58. The van der Waals surface area contributed by atoms with Gasteiger partial charge >= 0.3 is 0 Å². The van der Waals surface area contributed by atoms with Crippen molar-refractivity contribution >= 4 is 17.7 Å². The molecular weight excluding hydrogens is 350 g/mol. The number of hydrogen-bond donors (Lipinski definition) is 1. The van der Waals surface area contributed by atoms with E-state index in [-0.39, 0.29) is 12.7 Å². The van der Waals surface area contributed by atoms with Gasteiger partial charge in [-0.2, -0.15) is 0 Å². The predicted molar refractivity (Wildman–Crippen MR) is 98.4 cm³/mol. The number of thioether (sulfide) groups is 1. The molecule has 26 heavy (non-hydrogen) atoms. The van der Waals surface area contributed by atoms with E-state index in [9.17, 15) is 4.79 Å². The Bertz CT molecular complexity index is 908. The molecule has 0 saturated heterocycles. The fourth-order valence-electron chi connectivity index (χ4n) is 2.65. The Hall–Kier alpha value is -2.86. The largest absolute Gasteiger partial charge is 0.468 e. The van der Waals surface area contributed by atoms with E-state index >= 15 is 0 Å². The zero-order valence-electron chi connectivity index (χ0n) is 13.9. The summed E-state index contributed by atoms with van der Waals surface area (Å²) in [6, 6.07) is 17.0. The van der Waals surface area contributed by atoms with Gasteiger partial charge in [0.25, 0.3) is 5.91 Å². The predicted octanol–water partition coefficient (Wildman–Crippen LogP) is 4.23. The summed E-state index contributed by atoms with van der Waals surface area (Å²) in [4.78, 5) is 13.6. The number of carbonyl (C=O) groups is 1. The Kier molecular flexibility index (Phi) is 4.84. The first kappa shape index (κ1) is 16.6. The van der Waals surface area contributed by atoms with E-state index in [0.717, 1.165) is 22.0 Å². The number of nitrogens with one attached hydrogen (secondary N) is 1. The lowest BCUT2D eigenvalue weighted by Gasteiger charge is -2.10. The number of benzene rings is 2. The summed E-state index contributed by atoms with van der Waals surface area (Å²) in [7, 11) is 0. The van der Waals surface area contributed by atoms with Crippen LogP contribution >= 0.6 is 11.8 Å². The fourth-order valence-corrected chi connectivity index (χ4v) is 3.61. The average Bonchev–Trinajstić information content (AvgIpc) is 3.35. The number of ether oxygens (including phenoxy) is 2. The molecule has 1 aromatic heterocycles. The van der Waals surface area contributed by atoms with E-state index in [4.69, 9.17) is 13.9 Å². The van der Waals surface area contributed by atoms with Crippen molar-refractivity contribution in [2.24, 2.45) is 0 Å². The van der Waals surface area contributed by atoms with Crippen molar-refractivity contribution in [1.82, 2.24) is 5.32 Å². The highest BCUT2D eigenvalue weighted by Crippen LogP contribution is 2.32. The molecule has 0 unspecified atom stereocenters. The van der Waals surface area contributed by atoms with Crippen molar-refractivity contribution in [2.75, 3.05) is 6.79 Å². The third-order valence-electron chi connectivity index (χ3n) is 3.97. The van der Waals surface area contributed by atoms with Gasteiger partial charge in [-0.05, 0) is 42.0 Å². The quantitative estimate of drug-likeness (QED) is 0.661. The van der Waals surface area contributed by atoms with Crippen molar-refractivity contribution in [3.8, 4) is 11.5 Å². The number of furan rings is 1. The summed E-state index contributed by atoms with van der Waals surface area (Å²) in [5.74, 6) is 2.90. The van der Waals surface area contributed by atoms with Gasteiger partial charge in [0.05, 0.1) is 17.6 Å². The lowest BCUT2D eigenvalue weighted by molar-refractivity contribution is 0.0948. The van der Waals surface area contributed by atoms with E-state index in [0.29, 0.717) is 23.6 Å². The Balaban J connectivity index is 1.41. The molecule has 0 fully saturated rings. The minimum atomic E-state index is -0.106. The lowest BCUT2D eigenvalue weighted by atomic mass is 10.1. The molecule has 2 heterocycles. The summed E-state index contributed by atoms with van der Waals surface area (Å²) < 4.78 is 16.0. The summed E-state index contributed by atoms with van der Waals surface area (Å²) in [6.07, 6.45) is 1.65. The van der Waals surface area contributed by atoms with Crippen LogP contribution in [-0.4, -0.2) is 12.7 Å². The molecule has 0 atom stereocenters. The van der Waals surface area contributed by atoms with Gasteiger partial charge in [0.15, 0.2) is 11.5 Å². The third-order valence-corrected chi connectivity index (χ3v) is 5.07. The van der Waals surface area contributed by atoms with Gasteiger partial charge < -0.3 is 19.2 Å². The highest BCUT2D eigenvalue weighted by molar-refractivity contribution is 7.98. The summed E-state index contributed by atoms with van der Waals surface area (Å²) >= 11 is 1.58. The molecule has 1 amide bonds. The molecule has 132 valence electrons. The van der Waals surface area contributed by atoms with E-state index in [1.165, 1.54) is 0 Å². The number of fused-ring (bicyclic) bond motifs is 1. The van der Waals surface area contributed by atoms with Crippen molar-refractivity contribution in [2.45, 2.75) is 17.2 Å². The first-order valence-electron chi connectivity index (χ1n) is 8.20. The van der Waals surface area contributed by atoms with Gasteiger partial charge in [0, 0.05) is 11.4 Å². The Morgan fingerprint density at radius 2 is 1.92 bits per heavy atom. The average molecular weight is 367 g/mol. The third kappa shape index (κ3) is 3.70. The molecule has 0 saturated carbocycles. The van der Waals surface area contributed by atoms with E-state index in [1.807, 2.05) is 54.6 Å². The SMILES string of the molecule is O=C(NCc1ccc2c(c1)OCO2)c1ccccc1SCc1ccco1. The number of amides is 1. The number of rotatable bonds is 6. The topological polar surface area (TPSA) is 60.7 Å². The normalized spacial score (nSPS) is 12.2. The van der Waals surface area contributed by atoms with Gasteiger partial charge in [0.2, 0.25) is 6.79 Å². The minimum Gasteiger partial charge on any atom is -0.468 e. The fraction of sp³-hybridized carbons (Fsp3) is 0.150. The highest BCUT2D eigenvalue weighted by Gasteiger charge is 2.15. The minimum absolute atomic E-state index is 0.106. The van der Waals surface area contributed by atoms with Crippen LogP contribution in [0.3, 0.4) is 0 Å². The van der Waals surface area contributed by atoms with Crippen LogP contribution in [0.1, 0.15) is 21.7 Å². The Morgan fingerprint density at radius 1 is 1.04 bits per heavy atom. The monoisotopic (exact) mass is 367 g/mol. The van der Waals surface area contributed by atoms with Crippen LogP contribution in [0.2, 0.25) is 0 Å². The molecule has 0 aliphatic carbocycles. The molecule has 1 aliphatic heterocycles. The van der Waals surface area contributed by atoms with Crippen LogP contribution in [0.15, 0.2) is 70.2 Å². The summed E-state index contributed by atoms with van der Waals surface area (Å²) in [5, 5.41) is 2.97. The van der Waals surface area contributed by atoms with Crippen LogP contribution in [0, 0.1) is 0 Å². The van der Waals surface area contributed by atoms with Crippen molar-refractivity contribution in [3.05, 3.63) is 77.7 Å². The molecule has 3 aromatic rings. The molecular formula is C20H17NO4S. The molecule has 2 aromatic carbocycles. The maximum absolute atomic E-state index is 12.6. The molecule has 4 rings (SSSR count). The maximum atomic E-state index is 12.6. The van der Waals surface area contributed by atoms with E-state index < -0.39 is 0 Å². The number of carbonyl (C=O) groups excluding carboxylic acids is 1. The maximum Gasteiger partial charge on any atom is 0.252 e. The summed E-state index contributed by atoms with van der Waals surface area (Å²) in [6.45, 7) is 0.665. The van der Waals surface area contributed by atoms with Gasteiger partial charge in [-0.15, -0.1) is 11.8 Å². The highest BCUT2D eigenvalue weighted by atomic mass is 32.2. The zero-order valence-corrected chi connectivity index (χ0v) is 14.8. The van der Waals surface area contributed by atoms with Gasteiger partial charge in [0.1, 0.15) is 5.76 Å². The first-order chi connectivity index (χ1) is 12.8. The summed E-state index contributed by atoms with van der Waals surface area (Å²) in [5.41, 5.74) is 1.62. The standard InChI is InChI=1S/C20H17NO4S/c22-20(21-11-14-7-8-17-18(10-14)25-13-24-17)16-5-1-2-6-19(16)26-12-15-4-3-9-23-15/h1-10H,11-13H2,(H,21,22). The number of hydrogen-bond acceptors (Lipinski definition) is 5. The molecule has 6 heteroatoms. The molecule has 5 nitrogen and oxygen atoms in total. The van der Waals surface area contributed by atoms with Gasteiger partial charge in [-0.3, -0.25) is 4.79 Å². The van der Waals surface area contributed by atoms with Crippen LogP contribution in [-0.2, 0) is 12.3 Å². The molecule has 0 bridgehead atoms. The molecule has 0 radical (unpaired) electrons. The first-order valence-corrected chi connectivity index (χ1v) is 9.19. The van der Waals surface area contributed by atoms with Crippen LogP contribution in [0.4, 0.5) is 0 Å². The van der Waals surface area contributed by atoms with Crippen molar-refractivity contribution < 1.29 is 18.7 Å². The smallest absolute Gasteiger partial charge is 0.252 e. The lowest BCUT2D eigenvalue weighted by Crippen LogP contribution is -2.23. The molecule has 0 spiro atoms. The van der Waals surface area contributed by atoms with Crippen LogP contribution < -0.4 is 14.8 Å². The van der Waals surface area contributed by atoms with Gasteiger partial charge in [-0.1, -0.05) is 18.2 Å². The molecule has 1 aliphatic rings. The second-order valence-corrected chi connectivity index (χ2v) is 6.75. The van der Waals surface area contributed by atoms with E-state index in [2.05, 4.69) is 5.32 Å². The van der Waals surface area contributed by atoms with Crippen molar-refractivity contribution in [1.29, 1.82) is 0 Å². The van der Waals surface area contributed by atoms with Crippen LogP contribution in [0.25, 0.3) is 0 Å². The Morgan fingerprint density at radius 3 is 2.81 bits per heavy atom. The van der Waals surface area contributed by atoms with Gasteiger partial charge in [-0.25, -0.2) is 0 Å². The van der Waals surface area contributed by atoms with Crippen LogP contribution in [0.5, 0.6) is 11.5 Å². The molecule has 1 N–H and O–H groups in total. The van der Waals surface area contributed by atoms with Crippen molar-refractivity contribution in [3.63, 3.8) is 0 Å². The zero-order chi connectivity index (χ0) is 17.8. The van der Waals surface area contributed by atoms with E-state index in [1.54, 1.807) is 18.0 Å². The Labute approximate surface area is 155 Å².